The summed E-state index contributed by atoms with van der Waals surface area (Å²) in [4.78, 5) is 10.8. The molecule has 0 unspecified atom stereocenters. The lowest BCUT2D eigenvalue weighted by molar-refractivity contribution is -0.384. The zero-order valence-corrected chi connectivity index (χ0v) is 11.5. The van der Waals surface area contributed by atoms with Gasteiger partial charge in [-0.3, -0.25) is 10.1 Å². The Morgan fingerprint density at radius 2 is 2.42 bits per heavy atom. The van der Waals surface area contributed by atoms with Gasteiger partial charge in [0.25, 0.3) is 0 Å². The van der Waals surface area contributed by atoms with Crippen LogP contribution in [0.4, 0.5) is 11.5 Å². The van der Waals surface area contributed by atoms with E-state index in [1.54, 1.807) is 11.7 Å². The Morgan fingerprint density at radius 3 is 3.00 bits per heavy atom. The highest BCUT2D eigenvalue weighted by Gasteiger charge is 2.25. The zero-order chi connectivity index (χ0) is 13.8. The SMILES string of the molecule is CCc1nn(C)c(NCC[C@H]2CCCN2)c1[N+](=O)[O-]. The molecule has 1 aromatic heterocycles. The van der Waals surface area contributed by atoms with E-state index in [1.165, 1.54) is 12.8 Å². The van der Waals surface area contributed by atoms with E-state index in [1.807, 2.05) is 6.92 Å². The van der Waals surface area contributed by atoms with Gasteiger partial charge in [-0.2, -0.15) is 5.10 Å². The molecule has 1 aromatic rings. The highest BCUT2D eigenvalue weighted by Crippen LogP contribution is 2.28. The fraction of sp³-hybridized carbons (Fsp3) is 0.750. The zero-order valence-electron chi connectivity index (χ0n) is 11.5. The molecule has 2 rings (SSSR count). The van der Waals surface area contributed by atoms with Crippen molar-refractivity contribution in [2.24, 2.45) is 7.05 Å². The van der Waals surface area contributed by atoms with Crippen LogP contribution in [0.5, 0.6) is 0 Å². The lowest BCUT2D eigenvalue weighted by atomic mass is 10.1. The van der Waals surface area contributed by atoms with Crippen molar-refractivity contribution in [2.75, 3.05) is 18.4 Å². The molecule has 0 aliphatic carbocycles. The lowest BCUT2D eigenvalue weighted by Crippen LogP contribution is -2.24. The van der Waals surface area contributed by atoms with Crippen LogP contribution in [0.25, 0.3) is 0 Å². The van der Waals surface area contributed by atoms with E-state index in [2.05, 4.69) is 15.7 Å². The predicted octanol–water partition coefficient (Wildman–Crippen LogP) is 1.44. The van der Waals surface area contributed by atoms with E-state index in [0.717, 1.165) is 19.5 Å². The van der Waals surface area contributed by atoms with Gasteiger partial charge in [-0.05, 0) is 32.2 Å². The number of hydrogen-bond donors (Lipinski definition) is 2. The third kappa shape index (κ3) is 3.04. The number of anilines is 1. The molecule has 2 N–H and O–H groups in total. The first-order valence-electron chi connectivity index (χ1n) is 6.81. The number of nitro groups is 1. The lowest BCUT2D eigenvalue weighted by Gasteiger charge is -2.11. The molecule has 1 aliphatic heterocycles. The molecule has 0 saturated carbocycles. The molecule has 1 atom stereocenters. The number of nitrogens with one attached hydrogen (secondary N) is 2. The number of aryl methyl sites for hydroxylation is 2. The maximum absolute atomic E-state index is 11.1. The number of rotatable bonds is 6. The highest BCUT2D eigenvalue weighted by molar-refractivity contribution is 5.59. The van der Waals surface area contributed by atoms with Crippen molar-refractivity contribution in [3.8, 4) is 0 Å². The number of aromatic nitrogens is 2. The molecule has 19 heavy (non-hydrogen) atoms. The van der Waals surface area contributed by atoms with Crippen molar-refractivity contribution in [1.29, 1.82) is 0 Å². The van der Waals surface area contributed by atoms with Gasteiger partial charge in [-0.15, -0.1) is 0 Å². The summed E-state index contributed by atoms with van der Waals surface area (Å²) in [6.07, 6.45) is 3.95. The largest absolute Gasteiger partial charge is 0.364 e. The van der Waals surface area contributed by atoms with Gasteiger partial charge in [0.15, 0.2) is 0 Å². The third-order valence-electron chi connectivity index (χ3n) is 3.56. The van der Waals surface area contributed by atoms with Crippen LogP contribution in [0.2, 0.25) is 0 Å². The van der Waals surface area contributed by atoms with Gasteiger partial charge in [0.1, 0.15) is 5.69 Å². The quantitative estimate of drug-likeness (QED) is 0.602. The Balaban J connectivity index is 2.02. The van der Waals surface area contributed by atoms with Crippen molar-refractivity contribution in [2.45, 2.75) is 38.6 Å². The molecule has 0 spiro atoms. The summed E-state index contributed by atoms with van der Waals surface area (Å²) in [5.74, 6) is 0.514. The molecular weight excluding hydrogens is 246 g/mol. The fourth-order valence-electron chi connectivity index (χ4n) is 2.56. The monoisotopic (exact) mass is 267 g/mol. The molecule has 0 radical (unpaired) electrons. The first-order chi connectivity index (χ1) is 9.13. The second-order valence-electron chi connectivity index (χ2n) is 4.89. The van der Waals surface area contributed by atoms with Crippen molar-refractivity contribution < 1.29 is 4.92 Å². The van der Waals surface area contributed by atoms with Crippen molar-refractivity contribution in [3.05, 3.63) is 15.8 Å². The van der Waals surface area contributed by atoms with Crippen LogP contribution >= 0.6 is 0 Å². The van der Waals surface area contributed by atoms with Crippen molar-refractivity contribution in [1.82, 2.24) is 15.1 Å². The van der Waals surface area contributed by atoms with E-state index in [-0.39, 0.29) is 10.6 Å². The standard InChI is InChI=1S/C12H21N5O2/c1-3-10-11(17(18)19)12(16(2)15-10)14-8-6-9-5-4-7-13-9/h9,13-14H,3-8H2,1-2H3/t9-/m1/s1. The van der Waals surface area contributed by atoms with Gasteiger partial charge in [0.2, 0.25) is 5.82 Å². The first-order valence-corrected chi connectivity index (χ1v) is 6.81. The van der Waals surface area contributed by atoms with Crippen LogP contribution in [0.15, 0.2) is 0 Å². The van der Waals surface area contributed by atoms with Crippen LogP contribution in [0, 0.1) is 10.1 Å². The summed E-state index contributed by atoms with van der Waals surface area (Å²) in [5, 5.41) is 21.9. The van der Waals surface area contributed by atoms with Crippen LogP contribution in [0.1, 0.15) is 31.9 Å². The summed E-state index contributed by atoms with van der Waals surface area (Å²) in [5.41, 5.74) is 0.651. The van der Waals surface area contributed by atoms with Crippen molar-refractivity contribution >= 4 is 11.5 Å². The summed E-state index contributed by atoms with van der Waals surface area (Å²) in [6.45, 7) is 3.68. The topological polar surface area (TPSA) is 85.0 Å². The van der Waals surface area contributed by atoms with Gasteiger partial charge in [0, 0.05) is 19.6 Å². The van der Waals surface area contributed by atoms with Crippen LogP contribution in [0.3, 0.4) is 0 Å². The van der Waals surface area contributed by atoms with Gasteiger partial charge in [0.05, 0.1) is 4.92 Å². The average molecular weight is 267 g/mol. The van der Waals surface area contributed by atoms with Gasteiger partial charge in [-0.25, -0.2) is 4.68 Å². The molecule has 1 fully saturated rings. The second-order valence-corrected chi connectivity index (χ2v) is 4.89. The Hall–Kier alpha value is -1.63. The van der Waals surface area contributed by atoms with Crippen LogP contribution < -0.4 is 10.6 Å². The minimum Gasteiger partial charge on any atom is -0.364 e. The third-order valence-corrected chi connectivity index (χ3v) is 3.56. The predicted molar refractivity (Wildman–Crippen MR) is 73.4 cm³/mol. The molecule has 7 nitrogen and oxygen atoms in total. The molecule has 0 amide bonds. The smallest absolute Gasteiger partial charge is 0.333 e. The fourth-order valence-corrected chi connectivity index (χ4v) is 2.56. The van der Waals surface area contributed by atoms with Gasteiger partial charge < -0.3 is 10.6 Å². The molecule has 0 aromatic carbocycles. The Kier molecular flexibility index (Phi) is 4.36. The van der Waals surface area contributed by atoms with E-state index in [4.69, 9.17) is 0 Å². The molecule has 106 valence electrons. The minimum absolute atomic E-state index is 0.115. The summed E-state index contributed by atoms with van der Waals surface area (Å²) in [6, 6.07) is 0.533. The number of hydrogen-bond acceptors (Lipinski definition) is 5. The molecule has 2 heterocycles. The molecule has 1 aliphatic rings. The first kappa shape index (κ1) is 13.8. The molecule has 1 saturated heterocycles. The maximum atomic E-state index is 11.1. The average Bonchev–Trinajstić information content (AvgIpc) is 2.97. The Bertz CT molecular complexity index is 451. The Morgan fingerprint density at radius 1 is 1.63 bits per heavy atom. The highest BCUT2D eigenvalue weighted by atomic mass is 16.6. The minimum atomic E-state index is -0.345. The molecule has 0 bridgehead atoms. The van der Waals surface area contributed by atoms with E-state index in [0.29, 0.717) is 24.0 Å². The number of nitrogens with zero attached hydrogens (tertiary/aromatic N) is 3. The van der Waals surface area contributed by atoms with Crippen LogP contribution in [-0.4, -0.2) is 33.8 Å². The molecule has 7 heteroatoms. The summed E-state index contributed by atoms with van der Waals surface area (Å²) < 4.78 is 1.57. The summed E-state index contributed by atoms with van der Waals surface area (Å²) in [7, 11) is 1.74. The second kappa shape index (κ2) is 6.01. The van der Waals surface area contributed by atoms with Gasteiger partial charge >= 0.3 is 5.69 Å². The van der Waals surface area contributed by atoms with E-state index >= 15 is 0 Å². The van der Waals surface area contributed by atoms with Crippen molar-refractivity contribution in [3.63, 3.8) is 0 Å². The van der Waals surface area contributed by atoms with Crippen LogP contribution in [-0.2, 0) is 13.5 Å². The van der Waals surface area contributed by atoms with E-state index in [9.17, 15) is 10.1 Å². The Labute approximate surface area is 112 Å². The van der Waals surface area contributed by atoms with E-state index < -0.39 is 0 Å². The van der Waals surface area contributed by atoms with Gasteiger partial charge in [-0.1, -0.05) is 6.92 Å². The summed E-state index contributed by atoms with van der Waals surface area (Å²) >= 11 is 0. The molecular formula is C12H21N5O2. The maximum Gasteiger partial charge on any atom is 0.333 e. The normalized spacial score (nSPS) is 18.7.